The van der Waals surface area contributed by atoms with Gasteiger partial charge in [-0.1, -0.05) is 31.9 Å². The number of carbonyl (C=O) groups is 1. The number of nitrogens with one attached hydrogen (secondary N) is 1. The van der Waals surface area contributed by atoms with Crippen molar-refractivity contribution in [2.75, 3.05) is 10.7 Å². The highest BCUT2D eigenvalue weighted by molar-refractivity contribution is 9.09. The van der Waals surface area contributed by atoms with Crippen LogP contribution in [0.25, 0.3) is 0 Å². The van der Waals surface area contributed by atoms with Crippen LogP contribution in [0.3, 0.4) is 0 Å². The molecule has 5 heteroatoms. The molecule has 64 valence electrons. The Bertz CT molecular complexity index is 142. The van der Waals surface area contributed by atoms with Gasteiger partial charge in [-0.2, -0.15) is 0 Å². The number of rotatable bonds is 4. The van der Waals surface area contributed by atoms with Crippen LogP contribution in [-0.2, 0) is 9.53 Å². The van der Waals surface area contributed by atoms with E-state index in [2.05, 4.69) is 37.2 Å². The van der Waals surface area contributed by atoms with Gasteiger partial charge in [-0.25, -0.2) is 0 Å². The molecule has 1 atom stereocenters. The minimum absolute atomic E-state index is 0.0670. The summed E-state index contributed by atoms with van der Waals surface area (Å²) < 4.78 is 5.43. The number of carbonyl (C=O) groups excluding carboxylic acids is 1. The average molecular weight is 287 g/mol. The van der Waals surface area contributed by atoms with Crippen LogP contribution >= 0.6 is 31.9 Å². The summed E-state index contributed by atoms with van der Waals surface area (Å²) in [6.07, 6.45) is 0.569. The van der Waals surface area contributed by atoms with Crippen molar-refractivity contribution in [2.45, 2.75) is 18.8 Å². The molecule has 0 aromatic carbocycles. The lowest BCUT2D eigenvalue weighted by Gasteiger charge is -2.29. The second kappa shape index (κ2) is 4.42. The SMILES string of the molecule is O=C1CC(OC(CBr)CBr)N1. The highest BCUT2D eigenvalue weighted by Crippen LogP contribution is 2.11. The van der Waals surface area contributed by atoms with Crippen molar-refractivity contribution in [3.8, 4) is 0 Å². The van der Waals surface area contributed by atoms with Gasteiger partial charge in [0.05, 0.1) is 12.5 Å². The number of β-lactam (4-membered cyclic amide) rings is 1. The lowest BCUT2D eigenvalue weighted by Crippen LogP contribution is -2.51. The first-order valence-electron chi connectivity index (χ1n) is 3.33. The van der Waals surface area contributed by atoms with Crippen LogP contribution in [-0.4, -0.2) is 28.9 Å². The maximum Gasteiger partial charge on any atom is 0.226 e. The van der Waals surface area contributed by atoms with Gasteiger partial charge in [0.25, 0.3) is 0 Å². The summed E-state index contributed by atoms with van der Waals surface area (Å²) in [7, 11) is 0. The fourth-order valence-corrected chi connectivity index (χ4v) is 2.13. The Hall–Kier alpha value is 0.390. The molecule has 0 radical (unpaired) electrons. The highest BCUT2D eigenvalue weighted by atomic mass is 79.9. The fraction of sp³-hybridized carbons (Fsp3) is 0.833. The predicted molar refractivity (Wildman–Crippen MR) is 49.0 cm³/mol. The van der Waals surface area contributed by atoms with Crippen LogP contribution in [0.5, 0.6) is 0 Å². The minimum atomic E-state index is -0.0670. The van der Waals surface area contributed by atoms with E-state index in [1.54, 1.807) is 0 Å². The molecule has 0 aromatic heterocycles. The lowest BCUT2D eigenvalue weighted by atomic mass is 10.2. The van der Waals surface area contributed by atoms with Gasteiger partial charge in [0.1, 0.15) is 6.23 Å². The zero-order valence-corrected chi connectivity index (χ0v) is 9.02. The molecule has 1 rings (SSSR count). The van der Waals surface area contributed by atoms with Crippen molar-refractivity contribution in [3.63, 3.8) is 0 Å². The van der Waals surface area contributed by atoms with Crippen LogP contribution < -0.4 is 5.32 Å². The molecule has 1 aliphatic heterocycles. The molecule has 0 spiro atoms. The Kier molecular flexibility index (Phi) is 3.81. The van der Waals surface area contributed by atoms with Crippen molar-refractivity contribution in [1.82, 2.24) is 5.32 Å². The molecule has 0 aromatic rings. The molecule has 1 fully saturated rings. The van der Waals surface area contributed by atoms with Gasteiger partial charge in [0, 0.05) is 10.7 Å². The largest absolute Gasteiger partial charge is 0.353 e. The molecule has 1 amide bonds. The summed E-state index contributed by atoms with van der Waals surface area (Å²) in [6, 6.07) is 0. The number of hydrogen-bond donors (Lipinski definition) is 1. The fourth-order valence-electron chi connectivity index (χ4n) is 0.755. The molecular formula is C6H9Br2NO2. The van der Waals surface area contributed by atoms with E-state index in [1.807, 2.05) is 0 Å². The number of hydrogen-bond acceptors (Lipinski definition) is 2. The van der Waals surface area contributed by atoms with E-state index in [0.717, 1.165) is 10.7 Å². The van der Waals surface area contributed by atoms with Crippen LogP contribution in [0.2, 0.25) is 0 Å². The quantitative estimate of drug-likeness (QED) is 0.619. The second-order valence-electron chi connectivity index (χ2n) is 2.33. The Morgan fingerprint density at radius 1 is 1.64 bits per heavy atom. The van der Waals surface area contributed by atoms with Gasteiger partial charge in [-0.05, 0) is 0 Å². The zero-order chi connectivity index (χ0) is 8.27. The van der Waals surface area contributed by atoms with Gasteiger partial charge in [-0.15, -0.1) is 0 Å². The van der Waals surface area contributed by atoms with Crippen molar-refractivity contribution in [1.29, 1.82) is 0 Å². The van der Waals surface area contributed by atoms with E-state index < -0.39 is 0 Å². The number of halogens is 2. The van der Waals surface area contributed by atoms with Crippen LogP contribution in [0.1, 0.15) is 6.42 Å². The molecule has 1 heterocycles. The first-order valence-corrected chi connectivity index (χ1v) is 5.57. The van der Waals surface area contributed by atoms with E-state index in [0.29, 0.717) is 6.42 Å². The summed E-state index contributed by atoms with van der Waals surface area (Å²) in [4.78, 5) is 10.5. The van der Waals surface area contributed by atoms with E-state index in [9.17, 15) is 4.79 Å². The van der Waals surface area contributed by atoms with Crippen molar-refractivity contribution in [2.24, 2.45) is 0 Å². The van der Waals surface area contributed by atoms with Crippen molar-refractivity contribution >= 4 is 37.8 Å². The van der Waals surface area contributed by atoms with E-state index in [-0.39, 0.29) is 18.2 Å². The molecule has 11 heavy (non-hydrogen) atoms. The standard InChI is InChI=1S/C6H9Br2NO2/c7-2-4(3-8)11-6-1-5(10)9-6/h4,6H,1-3H2,(H,9,10). The third-order valence-electron chi connectivity index (χ3n) is 1.39. The Morgan fingerprint density at radius 2 is 2.18 bits per heavy atom. The average Bonchev–Trinajstić information content (AvgIpc) is 1.96. The van der Waals surface area contributed by atoms with Crippen LogP contribution in [0, 0.1) is 0 Å². The van der Waals surface area contributed by atoms with Gasteiger partial charge in [0.2, 0.25) is 5.91 Å². The molecule has 1 N–H and O–H groups in total. The smallest absolute Gasteiger partial charge is 0.226 e. The van der Waals surface area contributed by atoms with Gasteiger partial charge in [-0.3, -0.25) is 4.79 Å². The van der Waals surface area contributed by atoms with Gasteiger partial charge < -0.3 is 10.1 Å². The maximum absolute atomic E-state index is 10.5. The summed E-state index contributed by atoms with van der Waals surface area (Å²) >= 11 is 6.61. The molecule has 3 nitrogen and oxygen atoms in total. The van der Waals surface area contributed by atoms with Gasteiger partial charge >= 0.3 is 0 Å². The second-order valence-corrected chi connectivity index (χ2v) is 3.62. The number of ether oxygens (including phenoxy) is 1. The van der Waals surface area contributed by atoms with Crippen LogP contribution in [0.4, 0.5) is 0 Å². The lowest BCUT2D eigenvalue weighted by molar-refractivity contribution is -0.143. The molecule has 0 saturated carbocycles. The maximum atomic E-state index is 10.5. The summed E-state index contributed by atoms with van der Waals surface area (Å²) in [5.41, 5.74) is 0. The molecule has 1 saturated heterocycles. The molecular weight excluding hydrogens is 278 g/mol. The van der Waals surface area contributed by atoms with E-state index in [4.69, 9.17) is 4.74 Å². The number of alkyl halides is 2. The zero-order valence-electron chi connectivity index (χ0n) is 5.85. The Morgan fingerprint density at radius 3 is 2.55 bits per heavy atom. The summed E-state index contributed by atoms with van der Waals surface area (Å²) in [5, 5.41) is 4.20. The molecule has 1 unspecified atom stereocenters. The molecule has 0 bridgehead atoms. The topological polar surface area (TPSA) is 38.3 Å². The normalized spacial score (nSPS) is 23.2. The monoisotopic (exact) mass is 285 g/mol. The third-order valence-corrected chi connectivity index (χ3v) is 2.84. The Balaban J connectivity index is 2.14. The number of amides is 1. The Labute approximate surface area is 82.1 Å². The first-order chi connectivity index (χ1) is 5.26. The molecule has 0 aliphatic carbocycles. The van der Waals surface area contributed by atoms with Crippen molar-refractivity contribution in [3.05, 3.63) is 0 Å². The summed E-state index contributed by atoms with van der Waals surface area (Å²) in [5.74, 6) is 0.0675. The van der Waals surface area contributed by atoms with E-state index >= 15 is 0 Å². The van der Waals surface area contributed by atoms with Crippen LogP contribution in [0.15, 0.2) is 0 Å². The predicted octanol–water partition coefficient (Wildman–Crippen LogP) is 1.01. The first kappa shape index (κ1) is 9.48. The third kappa shape index (κ3) is 2.72. The highest BCUT2D eigenvalue weighted by Gasteiger charge is 2.27. The summed E-state index contributed by atoms with van der Waals surface area (Å²) in [6.45, 7) is 0. The van der Waals surface area contributed by atoms with E-state index in [1.165, 1.54) is 0 Å². The minimum Gasteiger partial charge on any atom is -0.353 e. The molecule has 1 aliphatic rings. The van der Waals surface area contributed by atoms with Gasteiger partial charge in [0.15, 0.2) is 0 Å². The van der Waals surface area contributed by atoms with Crippen molar-refractivity contribution < 1.29 is 9.53 Å².